The van der Waals surface area contributed by atoms with Gasteiger partial charge in [0.15, 0.2) is 0 Å². The van der Waals surface area contributed by atoms with Gasteiger partial charge in [-0.15, -0.1) is 0 Å². The molecule has 0 bridgehead atoms. The molecule has 1 atom stereocenters. The molecule has 0 aliphatic carbocycles. The van der Waals surface area contributed by atoms with E-state index >= 15 is 0 Å². The molecule has 0 aromatic heterocycles. The number of aliphatic hydroxyl groups excluding tert-OH is 1. The normalized spacial score (nSPS) is 19.6. The Labute approximate surface area is 123 Å². The van der Waals surface area contributed by atoms with E-state index in [-0.39, 0.29) is 18.6 Å². The summed E-state index contributed by atoms with van der Waals surface area (Å²) >= 11 is 6.00. The Kier molecular flexibility index (Phi) is 5.23. The maximum absolute atomic E-state index is 11.9. The molecule has 6 heteroatoms. The number of carbonyl (C=O) groups excluding carboxylic acids is 1. The van der Waals surface area contributed by atoms with Gasteiger partial charge in [0.1, 0.15) is 5.75 Å². The molecule has 110 valence electrons. The number of ether oxygens (including phenoxy) is 1. The van der Waals surface area contributed by atoms with Crippen molar-refractivity contribution in [2.24, 2.45) is 0 Å². The van der Waals surface area contributed by atoms with Crippen molar-refractivity contribution in [1.82, 2.24) is 4.90 Å². The van der Waals surface area contributed by atoms with Crippen LogP contribution in [0.2, 0.25) is 5.02 Å². The Morgan fingerprint density at radius 1 is 1.60 bits per heavy atom. The van der Waals surface area contributed by atoms with Crippen LogP contribution >= 0.6 is 11.6 Å². The molecule has 1 fully saturated rings. The second-order valence-electron chi connectivity index (χ2n) is 4.93. The summed E-state index contributed by atoms with van der Waals surface area (Å²) in [5.74, 6) is 0.462. The van der Waals surface area contributed by atoms with Gasteiger partial charge in [0.05, 0.1) is 24.8 Å². The summed E-state index contributed by atoms with van der Waals surface area (Å²) < 4.78 is 5.06. The highest BCUT2D eigenvalue weighted by molar-refractivity contribution is 6.32. The average Bonchev–Trinajstić information content (AvgIpc) is 2.38. The standard InChI is InChI=1S/C14H19ClN2O3/c1-20-13-5-4-10(7-12(13)15)16-14(19)9-17-6-2-3-11(18)8-17/h4-5,7,11,18H,2-3,6,8-9H2,1H3,(H,16,19)/t11-/m0/s1. The first-order chi connectivity index (χ1) is 9.58. The van der Waals surface area contributed by atoms with Crippen LogP contribution in [0.5, 0.6) is 5.75 Å². The quantitative estimate of drug-likeness (QED) is 0.889. The van der Waals surface area contributed by atoms with Crippen LogP contribution in [-0.2, 0) is 4.79 Å². The van der Waals surface area contributed by atoms with Crippen molar-refractivity contribution >= 4 is 23.2 Å². The zero-order chi connectivity index (χ0) is 14.5. The van der Waals surface area contributed by atoms with Crippen molar-refractivity contribution in [2.45, 2.75) is 18.9 Å². The Hall–Kier alpha value is -1.30. The summed E-state index contributed by atoms with van der Waals surface area (Å²) in [4.78, 5) is 13.9. The highest BCUT2D eigenvalue weighted by Crippen LogP contribution is 2.27. The van der Waals surface area contributed by atoms with E-state index in [9.17, 15) is 9.90 Å². The van der Waals surface area contributed by atoms with Gasteiger partial charge in [-0.25, -0.2) is 0 Å². The lowest BCUT2D eigenvalue weighted by Crippen LogP contribution is -2.42. The van der Waals surface area contributed by atoms with Crippen LogP contribution in [0.25, 0.3) is 0 Å². The Bertz CT molecular complexity index is 481. The molecule has 0 radical (unpaired) electrons. The topological polar surface area (TPSA) is 61.8 Å². The first-order valence-corrected chi connectivity index (χ1v) is 7.00. The third kappa shape index (κ3) is 4.10. The molecule has 2 N–H and O–H groups in total. The molecule has 1 aromatic carbocycles. The fourth-order valence-electron chi connectivity index (χ4n) is 2.32. The summed E-state index contributed by atoms with van der Waals surface area (Å²) in [6.45, 7) is 1.67. The highest BCUT2D eigenvalue weighted by Gasteiger charge is 2.19. The summed E-state index contributed by atoms with van der Waals surface area (Å²) in [5, 5.41) is 12.8. The number of likely N-dealkylation sites (tertiary alicyclic amines) is 1. The number of hydrogen-bond acceptors (Lipinski definition) is 4. The molecule has 0 saturated carbocycles. The van der Waals surface area contributed by atoms with Crippen LogP contribution < -0.4 is 10.1 Å². The smallest absolute Gasteiger partial charge is 0.238 e. The molecule has 1 heterocycles. The third-order valence-electron chi connectivity index (χ3n) is 3.28. The van der Waals surface area contributed by atoms with Crippen LogP contribution in [0.1, 0.15) is 12.8 Å². The molecule has 1 aliphatic rings. The van der Waals surface area contributed by atoms with E-state index < -0.39 is 0 Å². The lowest BCUT2D eigenvalue weighted by molar-refractivity contribution is -0.118. The van der Waals surface area contributed by atoms with E-state index in [1.165, 1.54) is 0 Å². The Morgan fingerprint density at radius 2 is 2.40 bits per heavy atom. The number of rotatable bonds is 4. The number of nitrogens with one attached hydrogen (secondary N) is 1. The van der Waals surface area contributed by atoms with Gasteiger partial charge in [-0.1, -0.05) is 11.6 Å². The van der Waals surface area contributed by atoms with Gasteiger partial charge < -0.3 is 15.2 Å². The number of β-amino-alcohol motifs (C(OH)–C–C–N with tert-alkyl or cyclic N) is 1. The fourth-order valence-corrected chi connectivity index (χ4v) is 2.58. The second kappa shape index (κ2) is 6.92. The fraction of sp³-hybridized carbons (Fsp3) is 0.500. The van der Waals surface area contributed by atoms with Crippen molar-refractivity contribution in [1.29, 1.82) is 0 Å². The number of nitrogens with zero attached hydrogens (tertiary/aromatic N) is 1. The van der Waals surface area contributed by atoms with Gasteiger partial charge in [0, 0.05) is 12.2 Å². The first-order valence-electron chi connectivity index (χ1n) is 6.62. The lowest BCUT2D eigenvalue weighted by Gasteiger charge is -2.29. The summed E-state index contributed by atoms with van der Waals surface area (Å²) in [5.41, 5.74) is 0.637. The molecular weight excluding hydrogens is 280 g/mol. The number of aliphatic hydroxyl groups is 1. The minimum Gasteiger partial charge on any atom is -0.495 e. The Morgan fingerprint density at radius 3 is 3.05 bits per heavy atom. The van der Waals surface area contributed by atoms with Gasteiger partial charge in [0.25, 0.3) is 0 Å². The molecule has 1 amide bonds. The Balaban J connectivity index is 1.89. The largest absolute Gasteiger partial charge is 0.495 e. The molecule has 20 heavy (non-hydrogen) atoms. The van der Waals surface area contributed by atoms with Crippen molar-refractivity contribution < 1.29 is 14.6 Å². The van der Waals surface area contributed by atoms with Gasteiger partial charge >= 0.3 is 0 Å². The molecule has 5 nitrogen and oxygen atoms in total. The predicted molar refractivity (Wildman–Crippen MR) is 78.3 cm³/mol. The number of anilines is 1. The molecule has 1 saturated heterocycles. The van der Waals surface area contributed by atoms with E-state index in [1.807, 2.05) is 4.90 Å². The maximum Gasteiger partial charge on any atom is 0.238 e. The van der Waals surface area contributed by atoms with Crippen LogP contribution in [0.4, 0.5) is 5.69 Å². The van der Waals surface area contributed by atoms with Gasteiger partial charge in [-0.2, -0.15) is 0 Å². The number of halogens is 1. The first kappa shape index (κ1) is 15.1. The van der Waals surface area contributed by atoms with E-state index in [2.05, 4.69) is 5.32 Å². The number of benzene rings is 1. The minimum atomic E-state index is -0.327. The number of carbonyl (C=O) groups is 1. The van der Waals surface area contributed by atoms with Crippen molar-refractivity contribution in [2.75, 3.05) is 32.1 Å². The van der Waals surface area contributed by atoms with Crippen LogP contribution in [0.3, 0.4) is 0 Å². The molecule has 1 aliphatic heterocycles. The maximum atomic E-state index is 11.9. The number of amides is 1. The monoisotopic (exact) mass is 298 g/mol. The lowest BCUT2D eigenvalue weighted by atomic mass is 10.1. The van der Waals surface area contributed by atoms with Crippen LogP contribution in [0.15, 0.2) is 18.2 Å². The van der Waals surface area contributed by atoms with Gasteiger partial charge in [-0.05, 0) is 37.6 Å². The SMILES string of the molecule is COc1ccc(NC(=O)CN2CCC[C@H](O)C2)cc1Cl. The molecule has 1 aromatic rings. The van der Waals surface area contributed by atoms with Crippen LogP contribution in [0, 0.1) is 0 Å². The van der Waals surface area contributed by atoms with Crippen molar-refractivity contribution in [3.05, 3.63) is 23.2 Å². The molecule has 2 rings (SSSR count). The summed E-state index contributed by atoms with van der Waals surface area (Å²) in [6, 6.07) is 5.11. The number of piperidine rings is 1. The molecule has 0 spiro atoms. The second-order valence-corrected chi connectivity index (χ2v) is 5.34. The zero-order valence-electron chi connectivity index (χ0n) is 11.4. The van der Waals surface area contributed by atoms with Crippen LogP contribution in [-0.4, -0.2) is 48.8 Å². The summed E-state index contributed by atoms with van der Waals surface area (Å²) in [6.07, 6.45) is 1.40. The number of hydrogen-bond donors (Lipinski definition) is 2. The van der Waals surface area contributed by atoms with E-state index in [1.54, 1.807) is 25.3 Å². The van der Waals surface area contributed by atoms with Gasteiger partial charge in [-0.3, -0.25) is 9.69 Å². The minimum absolute atomic E-state index is 0.111. The van der Waals surface area contributed by atoms with E-state index in [0.29, 0.717) is 23.0 Å². The molecule has 0 unspecified atom stereocenters. The van der Waals surface area contributed by atoms with E-state index in [4.69, 9.17) is 16.3 Å². The van der Waals surface area contributed by atoms with Gasteiger partial charge in [0.2, 0.25) is 5.91 Å². The highest BCUT2D eigenvalue weighted by atomic mass is 35.5. The van der Waals surface area contributed by atoms with Crippen molar-refractivity contribution in [3.63, 3.8) is 0 Å². The van der Waals surface area contributed by atoms with E-state index in [0.717, 1.165) is 19.4 Å². The zero-order valence-corrected chi connectivity index (χ0v) is 12.2. The molecular formula is C14H19ClN2O3. The summed E-state index contributed by atoms with van der Waals surface area (Å²) in [7, 11) is 1.54. The van der Waals surface area contributed by atoms with Crippen molar-refractivity contribution in [3.8, 4) is 5.75 Å². The third-order valence-corrected chi connectivity index (χ3v) is 3.58. The average molecular weight is 299 g/mol. The predicted octanol–water partition coefficient (Wildman–Crippen LogP) is 1.74. The number of methoxy groups -OCH3 is 1.